The van der Waals surface area contributed by atoms with Gasteiger partial charge in [0.15, 0.2) is 17.3 Å². The van der Waals surface area contributed by atoms with E-state index in [0.29, 0.717) is 17.8 Å². The number of aliphatic hydroxyl groups excluding tert-OH is 1. The molecular weight excluding hydrogens is 317 g/mol. The van der Waals surface area contributed by atoms with E-state index in [4.69, 9.17) is 5.84 Å². The van der Waals surface area contributed by atoms with Crippen molar-refractivity contribution in [2.45, 2.75) is 25.3 Å². The summed E-state index contributed by atoms with van der Waals surface area (Å²) in [6, 6.07) is 1.05. The van der Waals surface area contributed by atoms with Crippen molar-refractivity contribution in [3.05, 3.63) is 32.7 Å². The average Bonchev–Trinajstić information content (AvgIpc) is 3.29. The molecule has 0 bridgehead atoms. The number of halogens is 1. The summed E-state index contributed by atoms with van der Waals surface area (Å²) >= 11 is 0. The van der Waals surface area contributed by atoms with Gasteiger partial charge in [0.1, 0.15) is 0 Å². The fraction of sp³-hybridized carbons (Fsp3) is 0.533. The first-order chi connectivity index (χ1) is 11.5. The Morgan fingerprint density at radius 3 is 2.71 bits per heavy atom. The van der Waals surface area contributed by atoms with Gasteiger partial charge in [-0.3, -0.25) is 9.36 Å². The molecule has 2 aliphatic rings. The highest BCUT2D eigenvalue weighted by atomic mass is 19.1. The number of hydrogen-bond donors (Lipinski definition) is 2. The predicted molar refractivity (Wildman–Crippen MR) is 86.0 cm³/mol. The molecule has 2 fully saturated rings. The van der Waals surface area contributed by atoms with Crippen molar-refractivity contribution in [2.24, 2.45) is 5.92 Å². The second kappa shape index (κ2) is 5.30. The minimum atomic E-state index is -0.750. The van der Waals surface area contributed by atoms with Gasteiger partial charge in [0.25, 0.3) is 5.56 Å². The molecule has 0 aromatic carbocycles. The molecule has 128 valence electrons. The molecule has 9 heteroatoms. The SMILES string of the molecule is Nn1c(=O)c2cc(F)c(N3CCC(CO)C3)nc2n(C2CC2)c1=O. The highest BCUT2D eigenvalue weighted by molar-refractivity contribution is 5.77. The third-order valence-corrected chi connectivity index (χ3v) is 4.78. The van der Waals surface area contributed by atoms with Gasteiger partial charge >= 0.3 is 5.69 Å². The molecule has 0 spiro atoms. The molecular formula is C15H18FN5O3. The zero-order valence-corrected chi connectivity index (χ0v) is 13.0. The van der Waals surface area contributed by atoms with Gasteiger partial charge in [-0.05, 0) is 25.3 Å². The van der Waals surface area contributed by atoms with E-state index < -0.39 is 17.1 Å². The van der Waals surface area contributed by atoms with Gasteiger partial charge in [0.05, 0.1) is 5.39 Å². The lowest BCUT2D eigenvalue weighted by molar-refractivity contribution is 0.238. The number of nitrogens with zero attached hydrogens (tertiary/aromatic N) is 4. The van der Waals surface area contributed by atoms with Crippen LogP contribution < -0.4 is 22.0 Å². The Morgan fingerprint density at radius 1 is 1.33 bits per heavy atom. The van der Waals surface area contributed by atoms with E-state index in [1.807, 2.05) is 0 Å². The van der Waals surface area contributed by atoms with Crippen LogP contribution in [0.4, 0.5) is 10.2 Å². The smallest absolute Gasteiger partial charge is 0.351 e. The molecule has 1 saturated carbocycles. The van der Waals surface area contributed by atoms with Gasteiger partial charge in [0, 0.05) is 31.7 Å². The lowest BCUT2D eigenvalue weighted by atomic mass is 10.1. The Labute approximate surface area is 135 Å². The van der Waals surface area contributed by atoms with Gasteiger partial charge < -0.3 is 15.8 Å². The van der Waals surface area contributed by atoms with E-state index >= 15 is 0 Å². The van der Waals surface area contributed by atoms with Crippen molar-refractivity contribution >= 4 is 16.9 Å². The molecule has 2 aromatic rings. The maximum atomic E-state index is 14.5. The Hall–Kier alpha value is -2.42. The second-order valence-corrected chi connectivity index (χ2v) is 6.51. The van der Waals surface area contributed by atoms with Crippen molar-refractivity contribution in [1.82, 2.24) is 14.2 Å². The number of aliphatic hydroxyl groups is 1. The van der Waals surface area contributed by atoms with Crippen LogP contribution in [0.25, 0.3) is 11.0 Å². The van der Waals surface area contributed by atoms with Crippen LogP contribution in [-0.2, 0) is 0 Å². The summed E-state index contributed by atoms with van der Waals surface area (Å²) < 4.78 is 16.4. The van der Waals surface area contributed by atoms with Gasteiger partial charge in [0.2, 0.25) is 0 Å². The summed E-state index contributed by atoms with van der Waals surface area (Å²) in [6.07, 6.45) is 2.35. The Morgan fingerprint density at radius 2 is 2.08 bits per heavy atom. The number of aromatic nitrogens is 3. The van der Waals surface area contributed by atoms with E-state index in [1.54, 1.807) is 4.90 Å². The van der Waals surface area contributed by atoms with E-state index in [1.165, 1.54) is 4.57 Å². The summed E-state index contributed by atoms with van der Waals surface area (Å²) in [5.74, 6) is 5.10. The molecule has 2 aromatic heterocycles. The number of anilines is 1. The molecule has 24 heavy (non-hydrogen) atoms. The molecule has 8 nitrogen and oxygen atoms in total. The van der Waals surface area contributed by atoms with Gasteiger partial charge in [-0.15, -0.1) is 0 Å². The van der Waals surface area contributed by atoms with Gasteiger partial charge in [-0.2, -0.15) is 4.68 Å². The summed E-state index contributed by atoms with van der Waals surface area (Å²) in [5.41, 5.74) is -1.20. The summed E-state index contributed by atoms with van der Waals surface area (Å²) in [5, 5.41) is 9.26. The molecule has 1 unspecified atom stereocenters. The van der Waals surface area contributed by atoms with Crippen LogP contribution in [0, 0.1) is 11.7 Å². The molecule has 3 N–H and O–H groups in total. The molecule has 1 aliphatic carbocycles. The normalized spacial score (nSPS) is 20.9. The lowest BCUT2D eigenvalue weighted by Gasteiger charge is -2.19. The minimum absolute atomic E-state index is 0.00292. The molecule has 0 amide bonds. The summed E-state index contributed by atoms with van der Waals surface area (Å²) in [7, 11) is 0. The second-order valence-electron chi connectivity index (χ2n) is 6.51. The average molecular weight is 335 g/mol. The fourth-order valence-electron chi connectivity index (χ4n) is 3.29. The van der Waals surface area contributed by atoms with Gasteiger partial charge in [-0.1, -0.05) is 0 Å². The van der Waals surface area contributed by atoms with Crippen molar-refractivity contribution in [2.75, 3.05) is 30.4 Å². The van der Waals surface area contributed by atoms with Crippen molar-refractivity contribution < 1.29 is 9.50 Å². The standard InChI is InChI=1S/C15H18FN5O3/c16-11-5-10-12(18-13(11)19-4-3-8(6-19)7-22)20(9-1-2-9)15(24)21(17)14(10)23/h5,8-9,22H,1-4,6-7,17H2. The van der Waals surface area contributed by atoms with Crippen LogP contribution in [0.15, 0.2) is 15.7 Å². The van der Waals surface area contributed by atoms with E-state index in [2.05, 4.69) is 4.98 Å². The molecule has 3 heterocycles. The monoisotopic (exact) mass is 335 g/mol. The lowest BCUT2D eigenvalue weighted by Crippen LogP contribution is -2.44. The van der Waals surface area contributed by atoms with E-state index in [9.17, 15) is 19.1 Å². The van der Waals surface area contributed by atoms with Crippen LogP contribution in [-0.4, -0.2) is 39.0 Å². The number of nitrogens with two attached hydrogens (primary N) is 1. The van der Waals surface area contributed by atoms with Crippen molar-refractivity contribution in [3.63, 3.8) is 0 Å². The number of nitrogen functional groups attached to an aromatic ring is 1. The van der Waals surface area contributed by atoms with Crippen molar-refractivity contribution in [1.29, 1.82) is 0 Å². The van der Waals surface area contributed by atoms with Crippen LogP contribution in [0.1, 0.15) is 25.3 Å². The third-order valence-electron chi connectivity index (χ3n) is 4.78. The van der Waals surface area contributed by atoms with E-state index in [0.717, 1.165) is 25.3 Å². The Balaban J connectivity index is 1.94. The number of pyridine rings is 1. The van der Waals surface area contributed by atoms with Gasteiger partial charge in [-0.25, -0.2) is 14.2 Å². The van der Waals surface area contributed by atoms with Crippen LogP contribution in [0.5, 0.6) is 0 Å². The highest BCUT2D eigenvalue weighted by Crippen LogP contribution is 2.35. The number of fused-ring (bicyclic) bond motifs is 1. The third kappa shape index (κ3) is 2.19. The molecule has 1 saturated heterocycles. The molecule has 1 atom stereocenters. The zero-order valence-electron chi connectivity index (χ0n) is 13.0. The van der Waals surface area contributed by atoms with Crippen LogP contribution in [0.2, 0.25) is 0 Å². The maximum absolute atomic E-state index is 14.5. The minimum Gasteiger partial charge on any atom is -0.396 e. The summed E-state index contributed by atoms with van der Waals surface area (Å²) in [4.78, 5) is 30.6. The topological polar surface area (TPSA) is 106 Å². The largest absolute Gasteiger partial charge is 0.396 e. The molecule has 0 radical (unpaired) electrons. The molecule has 4 rings (SSSR count). The predicted octanol–water partition coefficient (Wildman–Crippen LogP) is -0.435. The quantitative estimate of drug-likeness (QED) is 0.737. The zero-order chi connectivity index (χ0) is 17.0. The van der Waals surface area contributed by atoms with E-state index in [-0.39, 0.29) is 35.4 Å². The fourth-order valence-corrected chi connectivity index (χ4v) is 3.29. The number of hydrogen-bond acceptors (Lipinski definition) is 6. The summed E-state index contributed by atoms with van der Waals surface area (Å²) in [6.45, 7) is 1.10. The Kier molecular flexibility index (Phi) is 3.34. The Bertz CT molecular complexity index is 933. The first-order valence-corrected chi connectivity index (χ1v) is 8.00. The first kappa shape index (κ1) is 15.1. The van der Waals surface area contributed by atoms with Crippen LogP contribution in [0.3, 0.4) is 0 Å². The maximum Gasteiger partial charge on any atom is 0.351 e. The first-order valence-electron chi connectivity index (χ1n) is 8.00. The van der Waals surface area contributed by atoms with Crippen LogP contribution >= 0.6 is 0 Å². The number of rotatable bonds is 3. The van der Waals surface area contributed by atoms with Crippen molar-refractivity contribution in [3.8, 4) is 0 Å². The highest BCUT2D eigenvalue weighted by Gasteiger charge is 2.31. The molecule has 1 aliphatic heterocycles.